The summed E-state index contributed by atoms with van der Waals surface area (Å²) in [5.41, 5.74) is 5.44. The number of fused-ring (bicyclic) bond motifs is 2. The highest BCUT2D eigenvalue weighted by atomic mass is 32.2. The van der Waals surface area contributed by atoms with Crippen molar-refractivity contribution in [1.82, 2.24) is 0 Å². The van der Waals surface area contributed by atoms with E-state index in [0.29, 0.717) is 37.2 Å². The Bertz CT molecular complexity index is 1460. The summed E-state index contributed by atoms with van der Waals surface area (Å²) in [6.45, 7) is 7.95. The van der Waals surface area contributed by atoms with E-state index in [9.17, 15) is 18.9 Å². The largest absolute Gasteiger partial charge is 0.412 e. The van der Waals surface area contributed by atoms with Crippen LogP contribution in [0, 0.1) is 22.7 Å². The molecule has 0 spiro atoms. The minimum absolute atomic E-state index is 0. The molecule has 2 aromatic rings. The number of hydrogen-bond donors (Lipinski definition) is 1. The Hall–Kier alpha value is -4.03. The van der Waals surface area contributed by atoms with E-state index in [-0.39, 0.29) is 11.2 Å². The average molecular weight is 565 g/mol. The fraction of sp³-hybridized carbons (Fsp3) is 0.379. The fourth-order valence-corrected chi connectivity index (χ4v) is 5.77. The average Bonchev–Trinajstić information content (AvgIpc) is 3.43. The first-order chi connectivity index (χ1) is 18.8. The van der Waals surface area contributed by atoms with Gasteiger partial charge in [-0.05, 0) is 75.6 Å². The summed E-state index contributed by atoms with van der Waals surface area (Å²) in [5.74, 6) is 0.846. The zero-order valence-corrected chi connectivity index (χ0v) is 23.7. The Morgan fingerprint density at radius 1 is 0.875 bits per heavy atom. The molecule has 10 nitrogen and oxygen atoms in total. The highest BCUT2D eigenvalue weighted by Crippen LogP contribution is 2.42. The smallest absolute Gasteiger partial charge is 0.264 e. The van der Waals surface area contributed by atoms with Crippen LogP contribution in [-0.2, 0) is 10.1 Å². The Morgan fingerprint density at radius 2 is 1.48 bits per heavy atom. The molecule has 2 heterocycles. The van der Waals surface area contributed by atoms with Crippen molar-refractivity contribution >= 4 is 32.9 Å². The van der Waals surface area contributed by atoms with Gasteiger partial charge in [0.15, 0.2) is 0 Å². The van der Waals surface area contributed by atoms with Gasteiger partial charge in [0.1, 0.15) is 5.82 Å². The normalized spacial score (nSPS) is 15.3. The molecule has 0 radical (unpaired) electrons. The third-order valence-corrected chi connectivity index (χ3v) is 7.83. The van der Waals surface area contributed by atoms with Crippen molar-refractivity contribution in [1.29, 1.82) is 10.5 Å². The van der Waals surface area contributed by atoms with Crippen molar-refractivity contribution in [2.75, 3.05) is 58.2 Å². The highest BCUT2D eigenvalue weighted by Gasteiger charge is 2.29. The number of hydrogen-bond acceptors (Lipinski definition) is 8. The molecule has 0 bridgehead atoms. The summed E-state index contributed by atoms with van der Waals surface area (Å²) in [6, 6.07) is 15.9. The Balaban J connectivity index is 0.00000441. The van der Waals surface area contributed by atoms with Gasteiger partial charge in [-0.25, -0.2) is 0 Å². The number of rotatable bonds is 11. The summed E-state index contributed by atoms with van der Waals surface area (Å²) in [5, 5.41) is 18.7. The molecule has 0 amide bonds. The van der Waals surface area contributed by atoms with Crippen molar-refractivity contribution in [3.63, 3.8) is 0 Å². The lowest BCUT2D eigenvalue weighted by molar-refractivity contribution is 0.480. The van der Waals surface area contributed by atoms with Gasteiger partial charge in [-0.3, -0.25) is 4.55 Å². The molecule has 2 aliphatic heterocycles. The molecule has 2 aromatic carbocycles. The van der Waals surface area contributed by atoms with E-state index >= 15 is 0 Å². The molecule has 0 saturated heterocycles. The fourth-order valence-electron chi connectivity index (χ4n) is 5.20. The number of nitrogens with zero attached hydrogens (tertiary/aromatic N) is 6. The summed E-state index contributed by atoms with van der Waals surface area (Å²) in [6.07, 6.45) is 8.18. The van der Waals surface area contributed by atoms with E-state index in [1.807, 2.05) is 36.4 Å². The van der Waals surface area contributed by atoms with Crippen molar-refractivity contribution < 1.29 is 18.4 Å². The van der Waals surface area contributed by atoms with Crippen LogP contribution in [0.5, 0.6) is 0 Å². The molecule has 0 unspecified atom stereocenters. The van der Waals surface area contributed by atoms with Gasteiger partial charge in [0.2, 0.25) is 0 Å². The minimum Gasteiger partial charge on any atom is -0.412 e. The van der Waals surface area contributed by atoms with Crippen LogP contribution < -0.4 is 19.6 Å². The molecule has 0 saturated carbocycles. The van der Waals surface area contributed by atoms with Crippen molar-refractivity contribution in [3.05, 3.63) is 71.6 Å². The maximum absolute atomic E-state index is 11.0. The molecule has 2 aliphatic rings. The van der Waals surface area contributed by atoms with Crippen LogP contribution in [-0.4, -0.2) is 57.0 Å². The second-order valence-corrected chi connectivity index (χ2v) is 11.1. The predicted octanol–water partition coefficient (Wildman–Crippen LogP) is 4.01. The summed E-state index contributed by atoms with van der Waals surface area (Å²) in [7, 11) is -3.96. The standard InChI is InChI=1S/C29H34N6O3S.H2O/c1-3-34-26-14-12-24(21-31)19-28(26)35(4-2)29(34)10-6-5-7-15-32-22-33(16-8-9-17-39(36,37)38)27-18-23(20-30)11-13-25(27)32;/h5-6,10-14,18-19H,3-4,7-9,15-17,22H2,1-2H3,(H,36,37,38);1H2. The molecule has 40 heavy (non-hydrogen) atoms. The van der Waals surface area contributed by atoms with E-state index in [0.717, 1.165) is 54.6 Å². The van der Waals surface area contributed by atoms with E-state index in [1.165, 1.54) is 0 Å². The Kier molecular flexibility index (Phi) is 10.2. The summed E-state index contributed by atoms with van der Waals surface area (Å²) < 4.78 is 31.1. The molecular weight excluding hydrogens is 528 g/mol. The first kappa shape index (κ1) is 30.5. The van der Waals surface area contributed by atoms with Crippen LogP contribution in [0.15, 0.2) is 60.4 Å². The Labute approximate surface area is 236 Å². The third-order valence-electron chi connectivity index (χ3n) is 7.03. The van der Waals surface area contributed by atoms with Gasteiger partial charge >= 0.3 is 0 Å². The van der Waals surface area contributed by atoms with Gasteiger partial charge in [-0.15, -0.1) is 0 Å². The first-order valence-corrected chi connectivity index (χ1v) is 14.9. The molecule has 11 heteroatoms. The van der Waals surface area contributed by atoms with E-state index in [4.69, 9.17) is 4.55 Å². The van der Waals surface area contributed by atoms with E-state index < -0.39 is 10.1 Å². The summed E-state index contributed by atoms with van der Waals surface area (Å²) in [4.78, 5) is 8.92. The van der Waals surface area contributed by atoms with Crippen LogP contribution in [0.2, 0.25) is 0 Å². The number of allylic oxidation sites excluding steroid dienone is 2. The second kappa shape index (κ2) is 13.4. The quantitative estimate of drug-likeness (QED) is 0.316. The SMILES string of the molecule is CCN1C(=CC=CCCN2CN(CCCCS(=O)(=O)O)c3cc(C#N)ccc32)N(CC)c2cc(C#N)ccc21.O. The maximum Gasteiger partial charge on any atom is 0.264 e. The van der Waals surface area contributed by atoms with E-state index in [1.54, 1.807) is 0 Å². The highest BCUT2D eigenvalue weighted by molar-refractivity contribution is 7.85. The summed E-state index contributed by atoms with van der Waals surface area (Å²) >= 11 is 0. The molecule has 0 aliphatic carbocycles. The number of benzene rings is 2. The number of nitriles is 2. The van der Waals surface area contributed by atoms with E-state index in [2.05, 4.69) is 63.8 Å². The zero-order chi connectivity index (χ0) is 28.0. The van der Waals surface area contributed by atoms with Crippen molar-refractivity contribution in [2.45, 2.75) is 33.1 Å². The minimum atomic E-state index is -3.96. The van der Waals surface area contributed by atoms with Gasteiger partial charge in [-0.1, -0.05) is 12.2 Å². The molecular formula is C29H36N6O4S. The van der Waals surface area contributed by atoms with Crippen LogP contribution in [0.1, 0.15) is 44.2 Å². The van der Waals surface area contributed by atoms with Crippen molar-refractivity contribution in [2.24, 2.45) is 0 Å². The van der Waals surface area contributed by atoms with Gasteiger partial charge in [0.25, 0.3) is 10.1 Å². The predicted molar refractivity (Wildman–Crippen MR) is 159 cm³/mol. The number of unbranched alkanes of at least 4 members (excludes halogenated alkanes) is 1. The molecule has 0 aromatic heterocycles. The molecule has 3 N–H and O–H groups in total. The van der Waals surface area contributed by atoms with Gasteiger partial charge in [0.05, 0.1) is 58.4 Å². The second-order valence-electron chi connectivity index (χ2n) is 9.52. The van der Waals surface area contributed by atoms with Crippen LogP contribution >= 0.6 is 0 Å². The lowest BCUT2D eigenvalue weighted by atomic mass is 10.1. The molecule has 0 atom stereocenters. The van der Waals surface area contributed by atoms with Crippen LogP contribution in [0.25, 0.3) is 0 Å². The van der Waals surface area contributed by atoms with Gasteiger partial charge < -0.3 is 25.1 Å². The molecule has 212 valence electrons. The van der Waals surface area contributed by atoms with Gasteiger partial charge in [0, 0.05) is 26.2 Å². The van der Waals surface area contributed by atoms with Gasteiger partial charge in [-0.2, -0.15) is 18.9 Å². The Morgan fingerprint density at radius 3 is 2.10 bits per heavy atom. The number of anilines is 4. The lowest BCUT2D eigenvalue weighted by Crippen LogP contribution is -2.32. The lowest BCUT2D eigenvalue weighted by Gasteiger charge is -2.23. The van der Waals surface area contributed by atoms with Crippen molar-refractivity contribution in [3.8, 4) is 12.1 Å². The first-order valence-electron chi connectivity index (χ1n) is 13.2. The molecule has 4 rings (SSSR count). The third kappa shape index (κ3) is 6.75. The monoisotopic (exact) mass is 564 g/mol. The topological polar surface area (TPSA) is 146 Å². The maximum atomic E-state index is 11.0. The zero-order valence-electron chi connectivity index (χ0n) is 22.9. The molecule has 0 fully saturated rings. The van der Waals surface area contributed by atoms with Crippen LogP contribution in [0.4, 0.5) is 22.7 Å². The van der Waals surface area contributed by atoms with Crippen LogP contribution in [0.3, 0.4) is 0 Å².